The van der Waals surface area contributed by atoms with Crippen LogP contribution in [0.5, 0.6) is 0 Å². The molecule has 31 heavy (non-hydrogen) atoms. The molecule has 2 aliphatic heterocycles. The molecule has 4 nitrogen and oxygen atoms in total. The van der Waals surface area contributed by atoms with Crippen LogP contribution in [0.15, 0.2) is 36.5 Å². The number of nitrogens with zero attached hydrogens (tertiary/aromatic N) is 3. The molecular formula is C26H35FN4. The highest BCUT2D eigenvalue weighted by Gasteiger charge is 2.32. The summed E-state index contributed by atoms with van der Waals surface area (Å²) in [5, 5.41) is 3.77. The second-order valence-electron chi connectivity index (χ2n) is 9.99. The zero-order valence-corrected chi connectivity index (χ0v) is 18.9. The van der Waals surface area contributed by atoms with Gasteiger partial charge in [0, 0.05) is 44.1 Å². The molecular weight excluding hydrogens is 387 g/mol. The Morgan fingerprint density at radius 3 is 2.84 bits per heavy atom. The fraction of sp³-hybridized carbons (Fsp3) is 0.577. The maximum Gasteiger partial charge on any atom is 0.111 e. The van der Waals surface area contributed by atoms with Crippen molar-refractivity contribution in [1.82, 2.24) is 15.2 Å². The van der Waals surface area contributed by atoms with Gasteiger partial charge in [-0.05, 0) is 81.3 Å². The number of benzene rings is 1. The Morgan fingerprint density at radius 1 is 1.19 bits per heavy atom. The van der Waals surface area contributed by atoms with Crippen LogP contribution in [-0.2, 0) is 19.4 Å². The Labute approximate surface area is 185 Å². The van der Waals surface area contributed by atoms with Gasteiger partial charge in [-0.25, -0.2) is 4.39 Å². The molecule has 1 aliphatic carbocycles. The number of anilines is 1. The first-order valence-corrected chi connectivity index (χ1v) is 11.9. The molecule has 0 bridgehead atoms. The topological polar surface area (TPSA) is 31.4 Å². The molecule has 0 saturated carbocycles. The van der Waals surface area contributed by atoms with E-state index < -0.39 is 5.67 Å². The lowest BCUT2D eigenvalue weighted by molar-refractivity contribution is 0.149. The molecule has 1 N–H and O–H groups in total. The zero-order valence-electron chi connectivity index (χ0n) is 18.9. The molecule has 0 amide bonds. The summed E-state index contributed by atoms with van der Waals surface area (Å²) in [7, 11) is 2.25. The second kappa shape index (κ2) is 8.51. The average Bonchev–Trinajstić information content (AvgIpc) is 2.78. The highest BCUT2D eigenvalue weighted by atomic mass is 19.1. The summed E-state index contributed by atoms with van der Waals surface area (Å²) in [4.78, 5) is 9.65. The highest BCUT2D eigenvalue weighted by Crippen LogP contribution is 2.35. The SMILES string of the molecule is CN(C[C@H]1Cc2c(cccc2N2CCC(C)(F)CC2)CN1)[C@H]1CCCc2cccnc21. The molecule has 3 aliphatic rings. The number of alkyl halides is 1. The molecule has 5 rings (SSSR count). The Balaban J connectivity index is 1.30. The van der Waals surface area contributed by atoms with E-state index in [4.69, 9.17) is 4.98 Å². The monoisotopic (exact) mass is 422 g/mol. The van der Waals surface area contributed by atoms with E-state index in [1.54, 1.807) is 6.92 Å². The lowest BCUT2D eigenvalue weighted by atomic mass is 9.89. The number of halogens is 1. The molecule has 1 aromatic carbocycles. The zero-order chi connectivity index (χ0) is 21.4. The van der Waals surface area contributed by atoms with Gasteiger partial charge in [-0.2, -0.15) is 0 Å². The van der Waals surface area contributed by atoms with Crippen LogP contribution in [0, 0.1) is 0 Å². The molecule has 1 aromatic heterocycles. The fourth-order valence-electron chi connectivity index (χ4n) is 5.72. The Hall–Kier alpha value is -1.98. The Kier molecular flexibility index (Phi) is 5.74. The van der Waals surface area contributed by atoms with Crippen LogP contribution in [0.3, 0.4) is 0 Å². The molecule has 0 unspecified atom stereocenters. The Morgan fingerprint density at radius 2 is 2.00 bits per heavy atom. The van der Waals surface area contributed by atoms with Crippen LogP contribution in [0.1, 0.15) is 61.0 Å². The Bertz CT molecular complexity index is 917. The van der Waals surface area contributed by atoms with Crippen molar-refractivity contribution in [3.05, 3.63) is 58.9 Å². The molecule has 166 valence electrons. The number of rotatable bonds is 4. The van der Waals surface area contributed by atoms with E-state index in [0.717, 1.165) is 39.0 Å². The van der Waals surface area contributed by atoms with Crippen molar-refractivity contribution in [2.75, 3.05) is 31.6 Å². The van der Waals surface area contributed by atoms with Crippen LogP contribution in [0.25, 0.3) is 0 Å². The van der Waals surface area contributed by atoms with Crippen molar-refractivity contribution in [1.29, 1.82) is 0 Å². The largest absolute Gasteiger partial charge is 0.371 e. The molecule has 0 spiro atoms. The minimum Gasteiger partial charge on any atom is -0.371 e. The van der Waals surface area contributed by atoms with E-state index in [1.165, 1.54) is 40.9 Å². The van der Waals surface area contributed by atoms with Crippen molar-refractivity contribution >= 4 is 5.69 Å². The third kappa shape index (κ3) is 4.35. The van der Waals surface area contributed by atoms with Gasteiger partial charge in [-0.1, -0.05) is 18.2 Å². The van der Waals surface area contributed by atoms with E-state index in [-0.39, 0.29) is 0 Å². The third-order valence-corrected chi connectivity index (χ3v) is 7.63. The first-order valence-electron chi connectivity index (χ1n) is 11.9. The van der Waals surface area contributed by atoms with Crippen LogP contribution >= 0.6 is 0 Å². The molecule has 2 aromatic rings. The van der Waals surface area contributed by atoms with Gasteiger partial charge in [0.25, 0.3) is 0 Å². The number of fused-ring (bicyclic) bond motifs is 2. The van der Waals surface area contributed by atoms with Gasteiger partial charge in [0.1, 0.15) is 5.67 Å². The number of pyridine rings is 1. The van der Waals surface area contributed by atoms with Gasteiger partial charge in [0.2, 0.25) is 0 Å². The van der Waals surface area contributed by atoms with Gasteiger partial charge in [-0.15, -0.1) is 0 Å². The lowest BCUT2D eigenvalue weighted by Gasteiger charge is -2.39. The quantitative estimate of drug-likeness (QED) is 0.790. The summed E-state index contributed by atoms with van der Waals surface area (Å²) >= 11 is 0. The van der Waals surface area contributed by atoms with E-state index in [9.17, 15) is 4.39 Å². The van der Waals surface area contributed by atoms with Gasteiger partial charge < -0.3 is 10.2 Å². The van der Waals surface area contributed by atoms with Crippen LogP contribution in [0.4, 0.5) is 10.1 Å². The summed E-state index contributed by atoms with van der Waals surface area (Å²) in [5.41, 5.74) is 5.86. The molecule has 5 heteroatoms. The minimum atomic E-state index is -1.01. The summed E-state index contributed by atoms with van der Waals surface area (Å²) in [6.45, 7) is 5.30. The van der Waals surface area contributed by atoms with Gasteiger partial charge in [0.15, 0.2) is 0 Å². The predicted octanol–water partition coefficient (Wildman–Crippen LogP) is 4.43. The number of piperidine rings is 1. The smallest absolute Gasteiger partial charge is 0.111 e. The molecule has 0 radical (unpaired) electrons. The summed E-state index contributed by atoms with van der Waals surface area (Å²) in [6.07, 6.45) is 7.78. The maximum absolute atomic E-state index is 14.3. The van der Waals surface area contributed by atoms with Gasteiger partial charge in [0.05, 0.1) is 11.7 Å². The normalized spacial score (nSPS) is 25.2. The summed E-state index contributed by atoms with van der Waals surface area (Å²) < 4.78 is 14.3. The van der Waals surface area contributed by atoms with E-state index in [0.29, 0.717) is 24.9 Å². The number of aryl methyl sites for hydroxylation is 1. The lowest BCUT2D eigenvalue weighted by Crippen LogP contribution is -2.46. The number of likely N-dealkylation sites (N-methyl/N-ethyl adjacent to an activating group) is 1. The molecule has 2 atom stereocenters. The van der Waals surface area contributed by atoms with Crippen LogP contribution in [0.2, 0.25) is 0 Å². The minimum absolute atomic E-state index is 0.410. The number of aromatic nitrogens is 1. The van der Waals surface area contributed by atoms with E-state index >= 15 is 0 Å². The first-order chi connectivity index (χ1) is 15.0. The fourth-order valence-corrected chi connectivity index (χ4v) is 5.72. The highest BCUT2D eigenvalue weighted by molar-refractivity contribution is 5.58. The summed E-state index contributed by atoms with van der Waals surface area (Å²) in [6, 6.07) is 11.8. The standard InChI is InChI=1S/C26H35FN4/c1-26(27)11-14-31(15-12-26)23-9-4-7-20-17-29-21(16-22(20)23)18-30(2)24-10-3-6-19-8-5-13-28-25(19)24/h4-5,7-9,13,21,24,29H,3,6,10-12,14-18H2,1-2H3/t21-,24+/m1/s1. The maximum atomic E-state index is 14.3. The van der Waals surface area contributed by atoms with Crippen molar-refractivity contribution in [3.8, 4) is 0 Å². The number of hydrogen-bond donors (Lipinski definition) is 1. The summed E-state index contributed by atoms with van der Waals surface area (Å²) in [5.74, 6) is 0. The molecule has 1 fully saturated rings. The van der Waals surface area contributed by atoms with Crippen molar-refractivity contribution < 1.29 is 4.39 Å². The number of hydrogen-bond acceptors (Lipinski definition) is 4. The molecule has 3 heterocycles. The molecule has 1 saturated heterocycles. The second-order valence-corrected chi connectivity index (χ2v) is 9.99. The first kappa shape index (κ1) is 20.9. The predicted molar refractivity (Wildman–Crippen MR) is 124 cm³/mol. The third-order valence-electron chi connectivity index (χ3n) is 7.63. The average molecular weight is 423 g/mol. The van der Waals surface area contributed by atoms with Crippen LogP contribution in [-0.4, -0.2) is 48.3 Å². The van der Waals surface area contributed by atoms with Gasteiger partial charge in [-0.3, -0.25) is 9.88 Å². The van der Waals surface area contributed by atoms with Crippen molar-refractivity contribution in [2.45, 2.75) is 69.7 Å². The van der Waals surface area contributed by atoms with Gasteiger partial charge >= 0.3 is 0 Å². The van der Waals surface area contributed by atoms with Crippen molar-refractivity contribution in [2.24, 2.45) is 0 Å². The van der Waals surface area contributed by atoms with E-state index in [1.807, 2.05) is 6.20 Å². The number of nitrogens with one attached hydrogen (secondary N) is 1. The van der Waals surface area contributed by atoms with Crippen LogP contribution < -0.4 is 10.2 Å². The van der Waals surface area contributed by atoms with Crippen molar-refractivity contribution in [3.63, 3.8) is 0 Å². The van der Waals surface area contributed by atoms with E-state index in [2.05, 4.69) is 52.5 Å².